The Kier molecular flexibility index (Phi) is 3.22. The molecule has 6 heteroatoms. The molecule has 0 aromatic carbocycles. The molecular formula is C11H13FN4O. The van der Waals surface area contributed by atoms with Crippen molar-refractivity contribution in [3.8, 4) is 5.88 Å². The quantitative estimate of drug-likeness (QED) is 0.875. The number of anilines is 1. The molecule has 0 radical (unpaired) electrons. The molecule has 2 aromatic heterocycles. The molecule has 0 aliphatic heterocycles. The van der Waals surface area contributed by atoms with Crippen molar-refractivity contribution in [1.29, 1.82) is 0 Å². The standard InChI is InChI=1S/C11H13FN4O/c1-16-11(17-2)4-10(15-16)14-6-8-3-9(12)7-13-5-8/h3-5,7H,6H2,1-2H3,(H,14,15). The predicted octanol–water partition coefficient (Wildman–Crippen LogP) is 1.57. The molecule has 0 amide bonds. The molecular weight excluding hydrogens is 223 g/mol. The average Bonchev–Trinajstić information content (AvgIpc) is 2.67. The van der Waals surface area contributed by atoms with Crippen molar-refractivity contribution < 1.29 is 9.13 Å². The predicted molar refractivity (Wildman–Crippen MR) is 61.3 cm³/mol. The fourth-order valence-electron chi connectivity index (χ4n) is 1.47. The number of hydrogen-bond acceptors (Lipinski definition) is 4. The van der Waals surface area contributed by atoms with Crippen molar-refractivity contribution in [2.45, 2.75) is 6.54 Å². The average molecular weight is 236 g/mol. The van der Waals surface area contributed by atoms with Crippen LogP contribution in [0.4, 0.5) is 10.2 Å². The van der Waals surface area contributed by atoms with Crippen LogP contribution in [-0.2, 0) is 13.6 Å². The highest BCUT2D eigenvalue weighted by molar-refractivity contribution is 5.39. The summed E-state index contributed by atoms with van der Waals surface area (Å²) in [5.74, 6) is 0.987. The third kappa shape index (κ3) is 2.72. The van der Waals surface area contributed by atoms with Crippen LogP contribution >= 0.6 is 0 Å². The van der Waals surface area contributed by atoms with Crippen LogP contribution in [0.3, 0.4) is 0 Å². The number of aromatic nitrogens is 3. The largest absolute Gasteiger partial charge is 0.481 e. The van der Waals surface area contributed by atoms with Gasteiger partial charge in [-0.3, -0.25) is 4.98 Å². The second-order valence-electron chi connectivity index (χ2n) is 3.56. The SMILES string of the molecule is COc1cc(NCc2cncc(F)c2)nn1C. The van der Waals surface area contributed by atoms with E-state index in [1.54, 1.807) is 31.1 Å². The Balaban J connectivity index is 2.02. The zero-order valence-corrected chi connectivity index (χ0v) is 9.64. The van der Waals surface area contributed by atoms with Crippen LogP contribution in [0, 0.1) is 5.82 Å². The lowest BCUT2D eigenvalue weighted by molar-refractivity contribution is 0.373. The van der Waals surface area contributed by atoms with Gasteiger partial charge in [-0.1, -0.05) is 0 Å². The summed E-state index contributed by atoms with van der Waals surface area (Å²) in [6, 6.07) is 3.20. The van der Waals surface area contributed by atoms with Crippen molar-refractivity contribution in [2.24, 2.45) is 7.05 Å². The van der Waals surface area contributed by atoms with E-state index in [1.807, 2.05) is 0 Å². The van der Waals surface area contributed by atoms with Gasteiger partial charge in [-0.05, 0) is 11.6 Å². The zero-order chi connectivity index (χ0) is 12.3. The fraction of sp³-hybridized carbons (Fsp3) is 0.273. The molecule has 0 unspecified atom stereocenters. The van der Waals surface area contributed by atoms with Crippen LogP contribution in [0.25, 0.3) is 0 Å². The van der Waals surface area contributed by atoms with E-state index in [0.29, 0.717) is 18.2 Å². The monoisotopic (exact) mass is 236 g/mol. The molecule has 2 aromatic rings. The van der Waals surface area contributed by atoms with E-state index in [4.69, 9.17) is 4.74 Å². The van der Waals surface area contributed by atoms with Crippen molar-refractivity contribution in [2.75, 3.05) is 12.4 Å². The number of pyridine rings is 1. The highest BCUT2D eigenvalue weighted by atomic mass is 19.1. The van der Waals surface area contributed by atoms with Crippen LogP contribution < -0.4 is 10.1 Å². The minimum absolute atomic E-state index is 0.345. The van der Waals surface area contributed by atoms with Crippen LogP contribution in [0.2, 0.25) is 0 Å². The maximum absolute atomic E-state index is 12.9. The maximum Gasteiger partial charge on any atom is 0.213 e. The second-order valence-corrected chi connectivity index (χ2v) is 3.56. The first-order valence-electron chi connectivity index (χ1n) is 5.10. The number of rotatable bonds is 4. The molecule has 17 heavy (non-hydrogen) atoms. The number of nitrogens with one attached hydrogen (secondary N) is 1. The van der Waals surface area contributed by atoms with Crippen LogP contribution in [-0.4, -0.2) is 21.9 Å². The van der Waals surface area contributed by atoms with E-state index in [0.717, 1.165) is 5.56 Å². The number of ether oxygens (including phenoxy) is 1. The molecule has 0 aliphatic carbocycles. The van der Waals surface area contributed by atoms with Gasteiger partial charge in [0.15, 0.2) is 5.82 Å². The topological polar surface area (TPSA) is 52.0 Å². The van der Waals surface area contributed by atoms with E-state index >= 15 is 0 Å². The lowest BCUT2D eigenvalue weighted by Gasteiger charge is -2.01. The van der Waals surface area contributed by atoms with Gasteiger partial charge in [-0.2, -0.15) is 5.10 Å². The maximum atomic E-state index is 12.9. The third-order valence-corrected chi connectivity index (χ3v) is 2.28. The summed E-state index contributed by atoms with van der Waals surface area (Å²) < 4.78 is 19.6. The van der Waals surface area contributed by atoms with Gasteiger partial charge in [0.05, 0.1) is 13.3 Å². The van der Waals surface area contributed by atoms with Gasteiger partial charge in [0, 0.05) is 25.9 Å². The Morgan fingerprint density at radius 1 is 1.41 bits per heavy atom. The summed E-state index contributed by atoms with van der Waals surface area (Å²) in [6.45, 7) is 0.463. The van der Waals surface area contributed by atoms with E-state index in [-0.39, 0.29) is 5.82 Å². The first kappa shape index (κ1) is 11.4. The molecule has 0 bridgehead atoms. The highest BCUT2D eigenvalue weighted by Gasteiger charge is 2.04. The molecule has 0 atom stereocenters. The van der Waals surface area contributed by atoms with Gasteiger partial charge in [-0.25, -0.2) is 9.07 Å². The van der Waals surface area contributed by atoms with E-state index in [1.165, 1.54) is 12.3 Å². The first-order chi connectivity index (χ1) is 8.19. The summed E-state index contributed by atoms with van der Waals surface area (Å²) in [4.78, 5) is 3.77. The van der Waals surface area contributed by atoms with Gasteiger partial charge < -0.3 is 10.1 Å². The van der Waals surface area contributed by atoms with Crippen molar-refractivity contribution in [3.63, 3.8) is 0 Å². The van der Waals surface area contributed by atoms with E-state index in [2.05, 4.69) is 15.4 Å². The lowest BCUT2D eigenvalue weighted by atomic mass is 10.3. The number of aryl methyl sites for hydroxylation is 1. The molecule has 0 saturated carbocycles. The molecule has 2 heterocycles. The normalized spacial score (nSPS) is 10.3. The summed E-state index contributed by atoms with van der Waals surface area (Å²) in [5.41, 5.74) is 0.759. The summed E-state index contributed by atoms with van der Waals surface area (Å²) >= 11 is 0. The Morgan fingerprint density at radius 2 is 2.24 bits per heavy atom. The lowest BCUT2D eigenvalue weighted by Crippen LogP contribution is -2.01. The molecule has 0 spiro atoms. The molecule has 0 aliphatic rings. The van der Waals surface area contributed by atoms with Gasteiger partial charge in [-0.15, -0.1) is 0 Å². The van der Waals surface area contributed by atoms with Crippen LogP contribution in [0.1, 0.15) is 5.56 Å². The van der Waals surface area contributed by atoms with Gasteiger partial charge >= 0.3 is 0 Å². The molecule has 90 valence electrons. The Hall–Kier alpha value is -2.11. The van der Waals surface area contributed by atoms with Crippen molar-refractivity contribution in [3.05, 3.63) is 35.9 Å². The van der Waals surface area contributed by atoms with Crippen molar-refractivity contribution >= 4 is 5.82 Å². The second kappa shape index (κ2) is 4.82. The van der Waals surface area contributed by atoms with Gasteiger partial charge in [0.2, 0.25) is 5.88 Å². The molecule has 1 N–H and O–H groups in total. The zero-order valence-electron chi connectivity index (χ0n) is 9.64. The highest BCUT2D eigenvalue weighted by Crippen LogP contribution is 2.15. The Morgan fingerprint density at radius 3 is 2.88 bits per heavy atom. The Labute approximate surface area is 98.2 Å². The smallest absolute Gasteiger partial charge is 0.213 e. The van der Waals surface area contributed by atoms with Crippen LogP contribution in [0.5, 0.6) is 5.88 Å². The molecule has 0 saturated heterocycles. The van der Waals surface area contributed by atoms with Gasteiger partial charge in [0.1, 0.15) is 5.82 Å². The number of hydrogen-bond donors (Lipinski definition) is 1. The summed E-state index contributed by atoms with van der Waals surface area (Å²) in [5, 5.41) is 7.25. The number of nitrogens with zero attached hydrogens (tertiary/aromatic N) is 3. The van der Waals surface area contributed by atoms with Gasteiger partial charge in [0.25, 0.3) is 0 Å². The molecule has 5 nitrogen and oxygen atoms in total. The summed E-state index contributed by atoms with van der Waals surface area (Å²) in [6.07, 6.45) is 2.78. The number of halogens is 1. The third-order valence-electron chi connectivity index (χ3n) is 2.28. The van der Waals surface area contributed by atoms with E-state index in [9.17, 15) is 4.39 Å². The summed E-state index contributed by atoms with van der Waals surface area (Å²) in [7, 11) is 3.37. The van der Waals surface area contributed by atoms with E-state index < -0.39 is 0 Å². The fourth-order valence-corrected chi connectivity index (χ4v) is 1.47. The van der Waals surface area contributed by atoms with Crippen LogP contribution in [0.15, 0.2) is 24.5 Å². The minimum atomic E-state index is -0.345. The molecule has 0 fully saturated rings. The minimum Gasteiger partial charge on any atom is -0.481 e. The first-order valence-corrected chi connectivity index (χ1v) is 5.10. The molecule has 2 rings (SSSR count). The van der Waals surface area contributed by atoms with Crippen molar-refractivity contribution in [1.82, 2.24) is 14.8 Å². The Bertz CT molecular complexity index is 512. The number of methoxy groups -OCH3 is 1.